The van der Waals surface area contributed by atoms with Gasteiger partial charge in [-0.1, -0.05) is 0 Å². The third kappa shape index (κ3) is 1.30. The van der Waals surface area contributed by atoms with Crippen LogP contribution in [0.25, 0.3) is 22.7 Å². The van der Waals surface area contributed by atoms with Crippen molar-refractivity contribution in [1.82, 2.24) is 15.0 Å². The molecule has 74 valence electrons. The van der Waals surface area contributed by atoms with Crippen LogP contribution in [0, 0.1) is 6.92 Å². The van der Waals surface area contributed by atoms with Crippen LogP contribution in [0.4, 0.5) is 0 Å². The summed E-state index contributed by atoms with van der Waals surface area (Å²) >= 11 is 0. The van der Waals surface area contributed by atoms with Crippen molar-refractivity contribution in [3.63, 3.8) is 0 Å². The van der Waals surface area contributed by atoms with E-state index < -0.39 is 0 Å². The maximum atomic E-state index is 5.26. The Morgan fingerprint density at radius 2 is 2.33 bits per heavy atom. The number of H-pyrrole nitrogens is 1. The number of nitrogens with zero attached hydrogens (tertiary/aromatic N) is 2. The average molecular weight is 199 g/mol. The predicted molar refractivity (Wildman–Crippen MR) is 56.3 cm³/mol. The molecule has 0 bridgehead atoms. The summed E-state index contributed by atoms with van der Waals surface area (Å²) in [6, 6.07) is 5.72. The summed E-state index contributed by atoms with van der Waals surface area (Å²) in [4.78, 5) is 11.7. The van der Waals surface area contributed by atoms with Crippen molar-refractivity contribution in [2.45, 2.75) is 6.92 Å². The zero-order chi connectivity index (χ0) is 10.3. The van der Waals surface area contributed by atoms with E-state index in [2.05, 4.69) is 15.0 Å². The highest BCUT2D eigenvalue weighted by molar-refractivity contribution is 5.75. The van der Waals surface area contributed by atoms with Crippen molar-refractivity contribution < 1.29 is 4.42 Å². The van der Waals surface area contributed by atoms with Crippen LogP contribution in [0.5, 0.6) is 0 Å². The molecule has 1 N–H and O–H groups in total. The lowest BCUT2D eigenvalue weighted by Crippen LogP contribution is -1.77. The Morgan fingerprint density at radius 1 is 1.40 bits per heavy atom. The van der Waals surface area contributed by atoms with Gasteiger partial charge in [0.25, 0.3) is 0 Å². The first-order valence-corrected chi connectivity index (χ1v) is 4.69. The van der Waals surface area contributed by atoms with E-state index >= 15 is 0 Å². The normalized spacial score (nSPS) is 11.0. The fourth-order valence-corrected chi connectivity index (χ4v) is 1.53. The largest absolute Gasteiger partial charge is 0.461 e. The number of hydrogen-bond donors (Lipinski definition) is 1. The number of aromatic amines is 1. The molecule has 15 heavy (non-hydrogen) atoms. The number of fused-ring (bicyclic) bond motifs is 1. The van der Waals surface area contributed by atoms with Gasteiger partial charge in [-0.2, -0.15) is 0 Å². The predicted octanol–water partition coefficient (Wildman–Crippen LogP) is 2.53. The van der Waals surface area contributed by atoms with E-state index in [1.54, 1.807) is 12.5 Å². The molecule has 0 aliphatic carbocycles. The third-order valence-corrected chi connectivity index (χ3v) is 2.23. The molecular formula is C11H9N3O. The van der Waals surface area contributed by atoms with Crippen LogP contribution < -0.4 is 0 Å². The fraction of sp³-hybridized carbons (Fsp3) is 0.0909. The minimum atomic E-state index is 0.715. The SMILES string of the molecule is Cc1cnc2nc(-c3ccco3)[nH]c2c1. The highest BCUT2D eigenvalue weighted by atomic mass is 16.3. The molecule has 3 heterocycles. The van der Waals surface area contributed by atoms with E-state index in [9.17, 15) is 0 Å². The van der Waals surface area contributed by atoms with Gasteiger partial charge in [0.05, 0.1) is 11.8 Å². The maximum Gasteiger partial charge on any atom is 0.178 e. The summed E-state index contributed by atoms with van der Waals surface area (Å²) in [5.41, 5.74) is 2.76. The Morgan fingerprint density at radius 3 is 3.13 bits per heavy atom. The van der Waals surface area contributed by atoms with Gasteiger partial charge < -0.3 is 9.40 Å². The first-order valence-electron chi connectivity index (χ1n) is 4.69. The summed E-state index contributed by atoms with van der Waals surface area (Å²) < 4.78 is 5.26. The molecule has 3 rings (SSSR count). The lowest BCUT2D eigenvalue weighted by molar-refractivity contribution is 0.578. The van der Waals surface area contributed by atoms with Crippen LogP contribution in [-0.2, 0) is 0 Å². The van der Waals surface area contributed by atoms with Crippen LogP contribution in [0.2, 0.25) is 0 Å². The number of rotatable bonds is 1. The molecule has 0 aliphatic rings. The van der Waals surface area contributed by atoms with Gasteiger partial charge in [-0.05, 0) is 30.7 Å². The van der Waals surface area contributed by atoms with Gasteiger partial charge in [-0.25, -0.2) is 9.97 Å². The van der Waals surface area contributed by atoms with Gasteiger partial charge in [0.15, 0.2) is 17.2 Å². The van der Waals surface area contributed by atoms with Crippen LogP contribution in [0.15, 0.2) is 35.1 Å². The second kappa shape index (κ2) is 2.95. The van der Waals surface area contributed by atoms with Crippen molar-refractivity contribution in [3.8, 4) is 11.6 Å². The highest BCUT2D eigenvalue weighted by Crippen LogP contribution is 2.19. The summed E-state index contributed by atoms with van der Waals surface area (Å²) in [5.74, 6) is 1.44. The molecule has 0 unspecified atom stereocenters. The first-order chi connectivity index (χ1) is 7.33. The molecule has 4 nitrogen and oxygen atoms in total. The Labute approximate surface area is 86.0 Å². The topological polar surface area (TPSA) is 54.7 Å². The lowest BCUT2D eigenvalue weighted by Gasteiger charge is -1.88. The number of pyridine rings is 1. The van der Waals surface area contributed by atoms with E-state index in [0.717, 1.165) is 16.8 Å². The summed E-state index contributed by atoms with van der Waals surface area (Å²) in [6.45, 7) is 2.00. The quantitative estimate of drug-likeness (QED) is 0.655. The van der Waals surface area contributed by atoms with Crippen molar-refractivity contribution in [2.75, 3.05) is 0 Å². The molecule has 0 amide bonds. The number of aryl methyl sites for hydroxylation is 1. The number of aromatic nitrogens is 3. The monoisotopic (exact) mass is 199 g/mol. The smallest absolute Gasteiger partial charge is 0.178 e. The zero-order valence-corrected chi connectivity index (χ0v) is 8.19. The molecule has 0 fully saturated rings. The Balaban J connectivity index is 2.22. The van der Waals surface area contributed by atoms with Crippen molar-refractivity contribution in [2.24, 2.45) is 0 Å². The number of nitrogens with one attached hydrogen (secondary N) is 1. The molecule has 0 saturated heterocycles. The van der Waals surface area contributed by atoms with Crippen LogP contribution in [0.1, 0.15) is 5.56 Å². The molecule has 0 spiro atoms. The minimum absolute atomic E-state index is 0.715. The minimum Gasteiger partial charge on any atom is -0.461 e. The molecule has 0 radical (unpaired) electrons. The van der Waals surface area contributed by atoms with Gasteiger partial charge in [-0.3, -0.25) is 0 Å². The van der Waals surface area contributed by atoms with Gasteiger partial charge >= 0.3 is 0 Å². The van der Waals surface area contributed by atoms with Gasteiger partial charge in [0.1, 0.15) is 0 Å². The van der Waals surface area contributed by atoms with Crippen LogP contribution in [-0.4, -0.2) is 15.0 Å². The molecule has 0 atom stereocenters. The van der Waals surface area contributed by atoms with Crippen molar-refractivity contribution in [3.05, 3.63) is 36.2 Å². The van der Waals surface area contributed by atoms with E-state index in [0.29, 0.717) is 11.5 Å². The molecule has 3 aromatic heterocycles. The van der Waals surface area contributed by atoms with E-state index in [1.165, 1.54) is 0 Å². The standard InChI is InChI=1S/C11H9N3O/c1-7-5-8-10(12-6-7)14-11(13-8)9-3-2-4-15-9/h2-6H,1H3,(H,12,13,14). The summed E-state index contributed by atoms with van der Waals surface area (Å²) in [5, 5.41) is 0. The second-order valence-corrected chi connectivity index (χ2v) is 3.45. The molecule has 0 aromatic carbocycles. The van der Waals surface area contributed by atoms with Crippen molar-refractivity contribution in [1.29, 1.82) is 0 Å². The van der Waals surface area contributed by atoms with E-state index in [-0.39, 0.29) is 0 Å². The summed E-state index contributed by atoms with van der Waals surface area (Å²) in [7, 11) is 0. The molecule has 0 aliphatic heterocycles. The van der Waals surface area contributed by atoms with Gasteiger partial charge in [0.2, 0.25) is 0 Å². The molecule has 3 aromatic rings. The third-order valence-electron chi connectivity index (χ3n) is 2.23. The maximum absolute atomic E-state index is 5.26. The van der Waals surface area contributed by atoms with Gasteiger partial charge in [0, 0.05) is 6.20 Å². The van der Waals surface area contributed by atoms with E-state index in [1.807, 2.05) is 25.1 Å². The number of hydrogen-bond acceptors (Lipinski definition) is 3. The molecular weight excluding hydrogens is 190 g/mol. The summed E-state index contributed by atoms with van der Waals surface area (Å²) in [6.07, 6.45) is 3.43. The number of imidazole rings is 1. The second-order valence-electron chi connectivity index (χ2n) is 3.45. The molecule has 4 heteroatoms. The van der Waals surface area contributed by atoms with Gasteiger partial charge in [-0.15, -0.1) is 0 Å². The molecule has 0 saturated carbocycles. The average Bonchev–Trinajstić information content (AvgIpc) is 2.84. The Hall–Kier alpha value is -2.10. The van der Waals surface area contributed by atoms with Crippen LogP contribution in [0.3, 0.4) is 0 Å². The van der Waals surface area contributed by atoms with Crippen molar-refractivity contribution >= 4 is 11.2 Å². The lowest BCUT2D eigenvalue weighted by atomic mass is 10.3. The highest BCUT2D eigenvalue weighted by Gasteiger charge is 2.07. The van der Waals surface area contributed by atoms with E-state index in [4.69, 9.17) is 4.42 Å². The Bertz CT molecular complexity index is 595. The zero-order valence-electron chi connectivity index (χ0n) is 8.19. The first kappa shape index (κ1) is 8.23. The number of furan rings is 1. The fourth-order valence-electron chi connectivity index (χ4n) is 1.53. The Kier molecular flexibility index (Phi) is 1.62. The van der Waals surface area contributed by atoms with Crippen LogP contribution >= 0.6 is 0 Å².